The predicted molar refractivity (Wildman–Crippen MR) is 119 cm³/mol. The zero-order valence-corrected chi connectivity index (χ0v) is 17.2. The molecule has 0 saturated carbocycles. The number of nitrogens with zero attached hydrogens (tertiary/aromatic N) is 1. The van der Waals surface area contributed by atoms with Crippen LogP contribution >= 0.6 is 0 Å². The van der Waals surface area contributed by atoms with Crippen molar-refractivity contribution >= 4 is 21.7 Å². The number of para-hydroxylation sites is 1. The van der Waals surface area contributed by atoms with Crippen molar-refractivity contribution in [2.75, 3.05) is 6.61 Å². The number of phenols is 1. The Kier molecular flexibility index (Phi) is 5.36. The van der Waals surface area contributed by atoms with E-state index >= 15 is 0 Å². The second kappa shape index (κ2) is 8.20. The van der Waals surface area contributed by atoms with E-state index in [1.807, 2.05) is 48.7 Å². The molecule has 32 heavy (non-hydrogen) atoms. The molecule has 5 atom stereocenters. The number of rotatable bonds is 4. The van der Waals surface area contributed by atoms with Crippen LogP contribution in [0, 0.1) is 0 Å². The fourth-order valence-corrected chi connectivity index (χ4v) is 4.55. The van der Waals surface area contributed by atoms with E-state index in [0.29, 0.717) is 6.42 Å². The molecular formula is C25H25NO6. The van der Waals surface area contributed by atoms with Crippen molar-refractivity contribution in [1.29, 1.82) is 0 Å². The van der Waals surface area contributed by atoms with Gasteiger partial charge in [-0.15, -0.1) is 0 Å². The van der Waals surface area contributed by atoms with Gasteiger partial charge < -0.3 is 34.8 Å². The van der Waals surface area contributed by atoms with Gasteiger partial charge in [-0.25, -0.2) is 0 Å². The first-order valence-corrected chi connectivity index (χ1v) is 10.6. The van der Waals surface area contributed by atoms with E-state index in [9.17, 15) is 25.5 Å². The quantitative estimate of drug-likeness (QED) is 0.335. The van der Waals surface area contributed by atoms with Crippen molar-refractivity contribution in [2.24, 2.45) is 0 Å². The molecule has 0 amide bonds. The van der Waals surface area contributed by atoms with Gasteiger partial charge in [0.15, 0.2) is 6.23 Å². The predicted octanol–water partition coefficient (Wildman–Crippen LogP) is 2.06. The van der Waals surface area contributed by atoms with Crippen LogP contribution in [0.1, 0.15) is 17.4 Å². The Labute approximate surface area is 184 Å². The van der Waals surface area contributed by atoms with Crippen molar-refractivity contribution in [2.45, 2.75) is 37.1 Å². The van der Waals surface area contributed by atoms with Gasteiger partial charge in [-0.2, -0.15) is 0 Å². The lowest BCUT2D eigenvalue weighted by Crippen LogP contribution is -2.56. The molecule has 1 aromatic heterocycles. The SMILES string of the molecule is OC[C@H]1O[C@@H](n2cc(Cc3ccc4cc(O)ccc4c3)c3ccccc32)[C@H](O)[C@@H](O)[C@@H]1O. The molecule has 0 aliphatic carbocycles. The molecule has 2 heterocycles. The molecule has 7 heteroatoms. The lowest BCUT2D eigenvalue weighted by atomic mass is 9.98. The van der Waals surface area contributed by atoms with Gasteiger partial charge in [0, 0.05) is 11.6 Å². The highest BCUT2D eigenvalue weighted by Gasteiger charge is 2.44. The molecule has 1 aliphatic rings. The Bertz CT molecular complexity index is 1270. The summed E-state index contributed by atoms with van der Waals surface area (Å²) in [7, 11) is 0. The van der Waals surface area contributed by atoms with Gasteiger partial charge >= 0.3 is 0 Å². The van der Waals surface area contributed by atoms with E-state index in [1.54, 1.807) is 16.7 Å². The van der Waals surface area contributed by atoms with Crippen LogP contribution in [0.3, 0.4) is 0 Å². The van der Waals surface area contributed by atoms with E-state index in [-0.39, 0.29) is 5.75 Å². The number of hydrogen-bond acceptors (Lipinski definition) is 6. The van der Waals surface area contributed by atoms with Crippen LogP contribution in [-0.2, 0) is 11.2 Å². The molecule has 166 valence electrons. The largest absolute Gasteiger partial charge is 0.508 e. The Morgan fingerprint density at radius 1 is 0.844 bits per heavy atom. The normalized spacial score (nSPS) is 26.1. The van der Waals surface area contributed by atoms with Gasteiger partial charge in [-0.3, -0.25) is 0 Å². The Morgan fingerprint density at radius 3 is 2.41 bits per heavy atom. The summed E-state index contributed by atoms with van der Waals surface area (Å²) in [6, 6.07) is 19.1. The zero-order chi connectivity index (χ0) is 22.4. The van der Waals surface area contributed by atoms with E-state index in [2.05, 4.69) is 6.07 Å². The molecule has 4 aromatic rings. The van der Waals surface area contributed by atoms with Crippen LogP contribution in [0.4, 0.5) is 0 Å². The third kappa shape index (κ3) is 3.54. The third-order valence-corrected chi connectivity index (χ3v) is 6.25. The molecule has 1 aliphatic heterocycles. The van der Waals surface area contributed by atoms with E-state index in [0.717, 1.165) is 32.8 Å². The fourth-order valence-electron chi connectivity index (χ4n) is 4.55. The van der Waals surface area contributed by atoms with Gasteiger partial charge in [0.05, 0.1) is 12.1 Å². The molecule has 5 N–H and O–H groups in total. The summed E-state index contributed by atoms with van der Waals surface area (Å²) in [6.45, 7) is -0.472. The monoisotopic (exact) mass is 435 g/mol. The van der Waals surface area contributed by atoms with Crippen LogP contribution in [0.5, 0.6) is 5.75 Å². The van der Waals surface area contributed by atoms with Crippen molar-refractivity contribution in [3.8, 4) is 5.75 Å². The third-order valence-electron chi connectivity index (χ3n) is 6.25. The first kappa shape index (κ1) is 20.9. The molecule has 7 nitrogen and oxygen atoms in total. The zero-order valence-electron chi connectivity index (χ0n) is 17.2. The summed E-state index contributed by atoms with van der Waals surface area (Å²) in [5, 5.41) is 53.2. The van der Waals surface area contributed by atoms with Gasteiger partial charge in [-0.05, 0) is 46.5 Å². The molecule has 1 saturated heterocycles. The van der Waals surface area contributed by atoms with E-state index in [4.69, 9.17) is 4.74 Å². The number of aliphatic hydroxyl groups excluding tert-OH is 4. The number of aliphatic hydroxyl groups is 4. The minimum absolute atomic E-state index is 0.229. The summed E-state index contributed by atoms with van der Waals surface area (Å²) in [5.41, 5.74) is 2.91. The van der Waals surface area contributed by atoms with Crippen molar-refractivity contribution in [3.05, 3.63) is 78.0 Å². The number of fused-ring (bicyclic) bond motifs is 2. The number of hydrogen-bond donors (Lipinski definition) is 5. The van der Waals surface area contributed by atoms with E-state index < -0.39 is 37.3 Å². The fraction of sp³-hybridized carbons (Fsp3) is 0.280. The average Bonchev–Trinajstić information content (AvgIpc) is 3.16. The number of benzene rings is 3. The molecule has 0 unspecified atom stereocenters. The Hall–Kier alpha value is -2.94. The maximum atomic E-state index is 10.6. The topological polar surface area (TPSA) is 115 Å². The van der Waals surface area contributed by atoms with Crippen molar-refractivity contribution < 1.29 is 30.3 Å². The van der Waals surface area contributed by atoms with Gasteiger partial charge in [0.25, 0.3) is 0 Å². The number of phenolic OH excluding ortho intramolecular Hbond substituents is 1. The Morgan fingerprint density at radius 2 is 1.59 bits per heavy atom. The highest BCUT2D eigenvalue weighted by Crippen LogP contribution is 2.34. The summed E-state index contributed by atoms with van der Waals surface area (Å²) >= 11 is 0. The lowest BCUT2D eigenvalue weighted by Gasteiger charge is -2.40. The summed E-state index contributed by atoms with van der Waals surface area (Å²) in [4.78, 5) is 0. The first-order chi connectivity index (χ1) is 15.5. The number of aromatic hydroxyl groups is 1. The second-order valence-electron chi connectivity index (χ2n) is 8.34. The summed E-state index contributed by atoms with van der Waals surface area (Å²) in [6.07, 6.45) is -3.61. The maximum absolute atomic E-state index is 10.6. The van der Waals surface area contributed by atoms with Crippen molar-refractivity contribution in [1.82, 2.24) is 4.57 Å². The lowest BCUT2D eigenvalue weighted by molar-refractivity contribution is -0.250. The number of ether oxygens (including phenoxy) is 1. The standard InChI is InChI=1S/C25H25NO6/c27-13-21-22(29)23(30)24(31)25(32-21)26-12-17(19-3-1-2-4-20(19)26)10-14-5-6-16-11-18(28)8-7-15(16)9-14/h1-9,11-12,21-25,27-31H,10,13H2/t21-,22-,23+,24-,25-/m1/s1. The highest BCUT2D eigenvalue weighted by molar-refractivity contribution is 5.86. The molecular weight excluding hydrogens is 410 g/mol. The summed E-state index contributed by atoms with van der Waals surface area (Å²) < 4.78 is 7.54. The molecule has 0 bridgehead atoms. The van der Waals surface area contributed by atoms with E-state index in [1.165, 1.54) is 0 Å². The Balaban J connectivity index is 1.54. The van der Waals surface area contributed by atoms with Crippen LogP contribution in [0.25, 0.3) is 21.7 Å². The molecule has 1 fully saturated rings. The smallest absolute Gasteiger partial charge is 0.163 e. The first-order valence-electron chi connectivity index (χ1n) is 10.6. The minimum Gasteiger partial charge on any atom is -0.508 e. The van der Waals surface area contributed by atoms with Gasteiger partial charge in [0.1, 0.15) is 30.2 Å². The average molecular weight is 435 g/mol. The van der Waals surface area contributed by atoms with Gasteiger partial charge in [0.2, 0.25) is 0 Å². The van der Waals surface area contributed by atoms with Crippen LogP contribution in [0.15, 0.2) is 66.9 Å². The second-order valence-corrected chi connectivity index (χ2v) is 8.34. The van der Waals surface area contributed by atoms with Gasteiger partial charge in [-0.1, -0.05) is 42.5 Å². The highest BCUT2D eigenvalue weighted by atomic mass is 16.6. The minimum atomic E-state index is -1.44. The van der Waals surface area contributed by atoms with Crippen LogP contribution in [-0.4, -0.2) is 61.1 Å². The number of aromatic nitrogens is 1. The molecule has 3 aromatic carbocycles. The van der Waals surface area contributed by atoms with Crippen LogP contribution < -0.4 is 0 Å². The maximum Gasteiger partial charge on any atom is 0.163 e. The molecule has 0 spiro atoms. The molecule has 0 radical (unpaired) electrons. The van der Waals surface area contributed by atoms with Crippen LogP contribution in [0.2, 0.25) is 0 Å². The van der Waals surface area contributed by atoms with Crippen molar-refractivity contribution in [3.63, 3.8) is 0 Å². The molecule has 5 rings (SSSR count). The summed E-state index contributed by atoms with van der Waals surface area (Å²) in [5.74, 6) is 0.229.